The van der Waals surface area contributed by atoms with E-state index in [9.17, 15) is 4.79 Å². The third-order valence-corrected chi connectivity index (χ3v) is 1.75. The van der Waals surface area contributed by atoms with E-state index in [1.54, 1.807) is 24.4 Å². The monoisotopic (exact) mass is 177 g/mol. The number of ether oxygens (including phenoxy) is 1. The molecular formula is C8H7N3O2. The van der Waals surface area contributed by atoms with Gasteiger partial charge in [-0.05, 0) is 18.2 Å². The third kappa shape index (κ3) is 1.20. The second-order valence-corrected chi connectivity index (χ2v) is 2.52. The van der Waals surface area contributed by atoms with Gasteiger partial charge in [-0.25, -0.2) is 0 Å². The van der Waals surface area contributed by atoms with Gasteiger partial charge in [0.2, 0.25) is 0 Å². The lowest BCUT2D eigenvalue weighted by atomic mass is 10.2. The van der Waals surface area contributed by atoms with Gasteiger partial charge in [-0.3, -0.25) is 4.79 Å². The Balaban J connectivity index is 2.56. The van der Waals surface area contributed by atoms with Crippen LogP contribution in [0, 0.1) is 0 Å². The molecule has 0 saturated heterocycles. The highest BCUT2D eigenvalue weighted by Gasteiger charge is 2.01. The van der Waals surface area contributed by atoms with Crippen molar-refractivity contribution in [1.82, 2.24) is 9.89 Å². The number of hydrogen-bond donors (Lipinski definition) is 1. The van der Waals surface area contributed by atoms with Crippen molar-refractivity contribution in [3.05, 3.63) is 24.4 Å². The minimum absolute atomic E-state index is 0.383. The smallest absolute Gasteiger partial charge is 0.298 e. The highest BCUT2D eigenvalue weighted by molar-refractivity contribution is 5.80. The minimum atomic E-state index is 0.383. The van der Waals surface area contributed by atoms with Gasteiger partial charge in [0.15, 0.2) is 0 Å². The zero-order chi connectivity index (χ0) is 9.26. The zero-order valence-electron chi connectivity index (χ0n) is 6.68. The van der Waals surface area contributed by atoms with Crippen LogP contribution in [0.5, 0.6) is 5.75 Å². The molecular weight excluding hydrogens is 170 g/mol. The van der Waals surface area contributed by atoms with Crippen LogP contribution in [0.25, 0.3) is 10.9 Å². The highest BCUT2D eigenvalue weighted by Crippen LogP contribution is 2.18. The summed E-state index contributed by atoms with van der Waals surface area (Å²) < 4.78 is 4.66. The van der Waals surface area contributed by atoms with Crippen molar-refractivity contribution in [2.75, 3.05) is 5.84 Å². The molecule has 2 aromatic rings. The molecule has 13 heavy (non-hydrogen) atoms. The van der Waals surface area contributed by atoms with Crippen molar-refractivity contribution in [3.8, 4) is 5.75 Å². The zero-order valence-corrected chi connectivity index (χ0v) is 6.68. The first kappa shape index (κ1) is 7.60. The van der Waals surface area contributed by atoms with Crippen LogP contribution in [-0.4, -0.2) is 16.4 Å². The number of rotatable bonds is 2. The summed E-state index contributed by atoms with van der Waals surface area (Å²) in [4.78, 5) is 11.3. The normalized spacial score (nSPS) is 10.2. The van der Waals surface area contributed by atoms with Gasteiger partial charge >= 0.3 is 0 Å². The number of aromatic nitrogens is 2. The first-order chi connectivity index (χ1) is 6.31. The summed E-state index contributed by atoms with van der Waals surface area (Å²) in [5.41, 5.74) is 0.790. The van der Waals surface area contributed by atoms with Gasteiger partial charge in [0.25, 0.3) is 6.47 Å². The molecule has 2 rings (SSSR count). The Hall–Kier alpha value is -2.04. The molecule has 2 N–H and O–H groups in total. The summed E-state index contributed by atoms with van der Waals surface area (Å²) in [6.07, 6.45) is 1.60. The number of nitrogen functional groups attached to an aromatic ring is 1. The summed E-state index contributed by atoms with van der Waals surface area (Å²) in [7, 11) is 0. The van der Waals surface area contributed by atoms with Gasteiger partial charge < -0.3 is 10.6 Å². The minimum Gasteiger partial charge on any atom is -0.429 e. The number of carbonyl (C=O) groups excluding carboxylic acids is 1. The fourth-order valence-corrected chi connectivity index (χ4v) is 1.16. The number of fused-ring (bicyclic) bond motifs is 1. The standard InChI is InChI=1S/C8H7N3O2/c9-11-8-2-1-7(13-5-12)3-6(8)4-10-11/h1-5H,9H2. The fraction of sp³-hybridized carbons (Fsp3) is 0. The molecule has 0 atom stereocenters. The molecule has 0 radical (unpaired) electrons. The number of nitrogens with zero attached hydrogens (tertiary/aromatic N) is 2. The molecule has 0 bridgehead atoms. The van der Waals surface area contributed by atoms with E-state index in [1.165, 1.54) is 4.79 Å². The van der Waals surface area contributed by atoms with E-state index in [-0.39, 0.29) is 0 Å². The summed E-state index contributed by atoms with van der Waals surface area (Å²) in [6.45, 7) is 0.383. The van der Waals surface area contributed by atoms with Crippen LogP contribution >= 0.6 is 0 Å². The van der Waals surface area contributed by atoms with Crippen LogP contribution in [0.15, 0.2) is 24.4 Å². The predicted molar refractivity (Wildman–Crippen MR) is 46.6 cm³/mol. The van der Waals surface area contributed by atoms with Gasteiger partial charge in [-0.2, -0.15) is 9.89 Å². The van der Waals surface area contributed by atoms with Crippen molar-refractivity contribution in [2.45, 2.75) is 0 Å². The van der Waals surface area contributed by atoms with Crippen molar-refractivity contribution < 1.29 is 9.53 Å². The van der Waals surface area contributed by atoms with E-state index < -0.39 is 0 Å². The van der Waals surface area contributed by atoms with E-state index >= 15 is 0 Å². The SMILES string of the molecule is Nn1ncc2cc(OC=O)ccc21. The maximum Gasteiger partial charge on any atom is 0.298 e. The molecule has 0 amide bonds. The van der Waals surface area contributed by atoms with Gasteiger partial charge in [0.05, 0.1) is 11.7 Å². The molecule has 5 heteroatoms. The molecule has 0 aliphatic rings. The largest absolute Gasteiger partial charge is 0.429 e. The summed E-state index contributed by atoms with van der Waals surface area (Å²) >= 11 is 0. The number of nitrogens with two attached hydrogens (primary N) is 1. The summed E-state index contributed by atoms with van der Waals surface area (Å²) in [5, 5.41) is 4.68. The maximum absolute atomic E-state index is 10.0. The third-order valence-electron chi connectivity index (χ3n) is 1.75. The van der Waals surface area contributed by atoms with Crippen LogP contribution in [0.3, 0.4) is 0 Å². The average Bonchev–Trinajstić information content (AvgIpc) is 2.48. The van der Waals surface area contributed by atoms with E-state index in [2.05, 4.69) is 9.84 Å². The predicted octanol–water partition coefficient (Wildman–Crippen LogP) is 0.285. The van der Waals surface area contributed by atoms with Gasteiger partial charge in [0, 0.05) is 5.39 Å². The van der Waals surface area contributed by atoms with Crippen LogP contribution in [0.2, 0.25) is 0 Å². The van der Waals surface area contributed by atoms with E-state index in [4.69, 9.17) is 5.84 Å². The van der Waals surface area contributed by atoms with Gasteiger partial charge in [0.1, 0.15) is 5.75 Å². The Kier molecular flexibility index (Phi) is 1.63. The Morgan fingerprint density at radius 3 is 3.15 bits per heavy atom. The van der Waals surface area contributed by atoms with Gasteiger partial charge in [-0.1, -0.05) is 0 Å². The summed E-state index contributed by atoms with van der Waals surface area (Å²) in [6, 6.07) is 5.09. The molecule has 0 saturated carbocycles. The molecule has 1 aromatic heterocycles. The molecule has 0 fully saturated rings. The first-order valence-electron chi connectivity index (χ1n) is 3.64. The maximum atomic E-state index is 10.0. The molecule has 5 nitrogen and oxygen atoms in total. The van der Waals surface area contributed by atoms with Gasteiger partial charge in [-0.15, -0.1) is 0 Å². The quantitative estimate of drug-likeness (QED) is 0.528. The van der Waals surface area contributed by atoms with Crippen molar-refractivity contribution in [3.63, 3.8) is 0 Å². The number of carbonyl (C=O) groups is 1. The van der Waals surface area contributed by atoms with Crippen LogP contribution in [0.1, 0.15) is 0 Å². The molecule has 0 unspecified atom stereocenters. The Morgan fingerprint density at radius 2 is 2.38 bits per heavy atom. The van der Waals surface area contributed by atoms with Crippen LogP contribution in [0.4, 0.5) is 0 Å². The summed E-state index contributed by atoms with van der Waals surface area (Å²) in [5.74, 6) is 5.98. The molecule has 66 valence electrons. The van der Waals surface area contributed by atoms with Crippen molar-refractivity contribution in [1.29, 1.82) is 0 Å². The lowest BCUT2D eigenvalue weighted by molar-refractivity contribution is -0.120. The second-order valence-electron chi connectivity index (χ2n) is 2.52. The molecule has 0 spiro atoms. The lowest BCUT2D eigenvalue weighted by Crippen LogP contribution is -2.08. The Labute approximate surface area is 73.7 Å². The Bertz CT molecular complexity index is 450. The lowest BCUT2D eigenvalue weighted by Gasteiger charge is -1.97. The molecule has 0 aliphatic carbocycles. The van der Waals surface area contributed by atoms with E-state index in [1.807, 2.05) is 0 Å². The van der Waals surface area contributed by atoms with Crippen molar-refractivity contribution in [2.24, 2.45) is 0 Å². The molecule has 1 aromatic carbocycles. The van der Waals surface area contributed by atoms with E-state index in [0.717, 1.165) is 10.9 Å². The number of benzene rings is 1. The number of hydrogen-bond acceptors (Lipinski definition) is 4. The molecule has 0 aliphatic heterocycles. The molecule has 1 heterocycles. The topological polar surface area (TPSA) is 70.1 Å². The Morgan fingerprint density at radius 1 is 1.54 bits per heavy atom. The average molecular weight is 177 g/mol. The van der Waals surface area contributed by atoms with Crippen molar-refractivity contribution >= 4 is 17.4 Å². The fourth-order valence-electron chi connectivity index (χ4n) is 1.16. The van der Waals surface area contributed by atoms with E-state index in [0.29, 0.717) is 12.2 Å². The first-order valence-corrected chi connectivity index (χ1v) is 3.64. The van der Waals surface area contributed by atoms with Crippen LogP contribution < -0.4 is 10.6 Å². The second kappa shape index (κ2) is 2.78. The highest BCUT2D eigenvalue weighted by atomic mass is 16.5. The van der Waals surface area contributed by atoms with Crippen LogP contribution in [-0.2, 0) is 4.79 Å².